The first-order valence-corrected chi connectivity index (χ1v) is 6.58. The van der Waals surface area contributed by atoms with Gasteiger partial charge in [0.15, 0.2) is 5.84 Å². The van der Waals surface area contributed by atoms with Gasteiger partial charge in [-0.3, -0.25) is 0 Å². The quantitative estimate of drug-likeness (QED) is 0.350. The van der Waals surface area contributed by atoms with Crippen molar-refractivity contribution >= 4 is 11.5 Å². The second-order valence-electron chi connectivity index (χ2n) is 4.94. The molecule has 0 amide bonds. The minimum atomic E-state index is -0.393. The van der Waals surface area contributed by atoms with Gasteiger partial charge < -0.3 is 16.3 Å². The summed E-state index contributed by atoms with van der Waals surface area (Å²) in [6.45, 7) is 4.45. The number of hydrogen-bond acceptors (Lipinski definition) is 3. The van der Waals surface area contributed by atoms with Crippen molar-refractivity contribution in [2.45, 2.75) is 20.4 Å². The van der Waals surface area contributed by atoms with E-state index in [2.05, 4.69) is 10.5 Å². The first kappa shape index (κ1) is 14.8. The van der Waals surface area contributed by atoms with Crippen LogP contribution in [0.15, 0.2) is 41.6 Å². The van der Waals surface area contributed by atoms with Gasteiger partial charge in [0.2, 0.25) is 0 Å². The van der Waals surface area contributed by atoms with Gasteiger partial charge in [0.1, 0.15) is 5.82 Å². The number of benzene rings is 2. The fraction of sp³-hybridized carbons (Fsp3) is 0.188. The van der Waals surface area contributed by atoms with Crippen LogP contribution in [0.3, 0.4) is 0 Å². The zero-order chi connectivity index (χ0) is 15.4. The first-order valence-electron chi connectivity index (χ1n) is 6.58. The summed E-state index contributed by atoms with van der Waals surface area (Å²) in [5.74, 6) is -0.502. The van der Waals surface area contributed by atoms with Crippen molar-refractivity contribution in [1.29, 1.82) is 0 Å². The monoisotopic (exact) mass is 287 g/mol. The Balaban J connectivity index is 2.11. The lowest BCUT2D eigenvalue weighted by molar-refractivity contribution is 0.318. The molecule has 0 aliphatic rings. The number of amidine groups is 1. The standard InChI is InChI=1S/C16H18FN3O/c1-10-3-6-14(7-11(10)2)19-9-13-5-4-12(8-15(13)17)16(18)20-21/h3-8,19,21H,9H2,1-2H3,(H2,18,20). The molecule has 0 saturated carbocycles. The third-order valence-electron chi connectivity index (χ3n) is 3.45. The topological polar surface area (TPSA) is 70.6 Å². The van der Waals surface area contributed by atoms with E-state index in [-0.39, 0.29) is 5.84 Å². The smallest absolute Gasteiger partial charge is 0.170 e. The van der Waals surface area contributed by atoms with E-state index >= 15 is 0 Å². The molecule has 0 spiro atoms. The molecule has 0 bridgehead atoms. The predicted octanol–water partition coefficient (Wildman–Crippen LogP) is 3.15. The van der Waals surface area contributed by atoms with Crippen molar-refractivity contribution in [3.8, 4) is 0 Å². The Morgan fingerprint density at radius 3 is 2.57 bits per heavy atom. The number of rotatable bonds is 4. The Kier molecular flexibility index (Phi) is 4.42. The predicted molar refractivity (Wildman–Crippen MR) is 82.2 cm³/mol. The third-order valence-corrected chi connectivity index (χ3v) is 3.45. The molecular weight excluding hydrogens is 269 g/mol. The van der Waals surface area contributed by atoms with Crippen LogP contribution in [0.25, 0.3) is 0 Å². The zero-order valence-corrected chi connectivity index (χ0v) is 12.0. The summed E-state index contributed by atoms with van der Waals surface area (Å²) in [6, 6.07) is 10.5. The molecule has 110 valence electrons. The maximum absolute atomic E-state index is 14.0. The molecule has 2 aromatic rings. The Morgan fingerprint density at radius 1 is 1.19 bits per heavy atom. The molecule has 2 aromatic carbocycles. The summed E-state index contributed by atoms with van der Waals surface area (Å²) in [4.78, 5) is 0. The van der Waals surface area contributed by atoms with Gasteiger partial charge >= 0.3 is 0 Å². The summed E-state index contributed by atoms with van der Waals surface area (Å²) in [6.07, 6.45) is 0. The molecule has 0 aromatic heterocycles. The minimum Gasteiger partial charge on any atom is -0.409 e. The van der Waals surface area contributed by atoms with Crippen molar-refractivity contribution in [3.63, 3.8) is 0 Å². The molecule has 0 atom stereocenters. The third kappa shape index (κ3) is 3.51. The van der Waals surface area contributed by atoms with Crippen molar-refractivity contribution < 1.29 is 9.60 Å². The molecule has 4 N–H and O–H groups in total. The van der Waals surface area contributed by atoms with Crippen LogP contribution in [-0.2, 0) is 6.54 Å². The molecule has 0 saturated heterocycles. The number of nitrogens with zero attached hydrogens (tertiary/aromatic N) is 1. The van der Waals surface area contributed by atoms with Gasteiger partial charge in [-0.2, -0.15) is 0 Å². The fourth-order valence-electron chi connectivity index (χ4n) is 1.96. The van der Waals surface area contributed by atoms with E-state index < -0.39 is 5.82 Å². The van der Waals surface area contributed by atoms with Gasteiger partial charge in [0, 0.05) is 23.4 Å². The Bertz CT molecular complexity index is 683. The van der Waals surface area contributed by atoms with Gasteiger partial charge in [0.25, 0.3) is 0 Å². The number of hydrogen-bond donors (Lipinski definition) is 3. The highest BCUT2D eigenvalue weighted by Crippen LogP contribution is 2.17. The molecule has 0 heterocycles. The average Bonchev–Trinajstić information content (AvgIpc) is 2.48. The van der Waals surface area contributed by atoms with Crippen molar-refractivity contribution in [2.24, 2.45) is 10.9 Å². The summed E-state index contributed by atoms with van der Waals surface area (Å²) < 4.78 is 14.0. The number of nitrogens with two attached hydrogens (primary N) is 1. The van der Waals surface area contributed by atoms with Crippen LogP contribution in [-0.4, -0.2) is 11.0 Å². The molecule has 0 radical (unpaired) electrons. The van der Waals surface area contributed by atoms with Gasteiger partial charge in [-0.05, 0) is 43.2 Å². The van der Waals surface area contributed by atoms with Crippen molar-refractivity contribution in [2.75, 3.05) is 5.32 Å². The molecule has 4 nitrogen and oxygen atoms in total. The molecule has 5 heteroatoms. The molecule has 0 aliphatic heterocycles. The lowest BCUT2D eigenvalue weighted by atomic mass is 10.1. The van der Waals surface area contributed by atoms with Crippen LogP contribution in [0.2, 0.25) is 0 Å². The highest BCUT2D eigenvalue weighted by atomic mass is 19.1. The van der Waals surface area contributed by atoms with Crippen LogP contribution < -0.4 is 11.1 Å². The second-order valence-corrected chi connectivity index (χ2v) is 4.94. The maximum Gasteiger partial charge on any atom is 0.170 e. The maximum atomic E-state index is 14.0. The van der Waals surface area contributed by atoms with Crippen LogP contribution in [0.5, 0.6) is 0 Å². The highest BCUT2D eigenvalue weighted by Gasteiger charge is 2.06. The van der Waals surface area contributed by atoms with E-state index in [1.54, 1.807) is 12.1 Å². The SMILES string of the molecule is Cc1ccc(NCc2ccc(C(N)=NO)cc2F)cc1C. The number of halogens is 1. The van der Waals surface area contributed by atoms with Gasteiger partial charge in [0.05, 0.1) is 0 Å². The molecule has 0 unspecified atom stereocenters. The number of oxime groups is 1. The summed E-state index contributed by atoms with van der Waals surface area (Å²) >= 11 is 0. The largest absolute Gasteiger partial charge is 0.409 e. The Labute approximate surface area is 123 Å². The zero-order valence-electron chi connectivity index (χ0n) is 12.0. The van der Waals surface area contributed by atoms with E-state index in [1.165, 1.54) is 17.2 Å². The second kappa shape index (κ2) is 6.26. The Morgan fingerprint density at radius 2 is 1.95 bits per heavy atom. The van der Waals surface area contributed by atoms with Gasteiger partial charge in [-0.25, -0.2) is 4.39 Å². The van der Waals surface area contributed by atoms with E-state index in [9.17, 15) is 4.39 Å². The first-order chi connectivity index (χ1) is 10.0. The Hall–Kier alpha value is -2.56. The normalized spacial score (nSPS) is 11.5. The lowest BCUT2D eigenvalue weighted by Crippen LogP contribution is -2.14. The van der Waals surface area contributed by atoms with Crippen LogP contribution in [0, 0.1) is 19.7 Å². The lowest BCUT2D eigenvalue weighted by Gasteiger charge is -2.10. The summed E-state index contributed by atoms with van der Waals surface area (Å²) in [5.41, 5.74) is 9.64. The van der Waals surface area contributed by atoms with Gasteiger partial charge in [-0.15, -0.1) is 0 Å². The van der Waals surface area contributed by atoms with Gasteiger partial charge in [-0.1, -0.05) is 23.4 Å². The molecule has 21 heavy (non-hydrogen) atoms. The molecule has 0 aliphatic carbocycles. The number of nitrogens with one attached hydrogen (secondary N) is 1. The minimum absolute atomic E-state index is 0.109. The molecule has 2 rings (SSSR count). The van der Waals surface area contributed by atoms with E-state index in [1.807, 2.05) is 32.0 Å². The summed E-state index contributed by atoms with van der Waals surface area (Å²) in [7, 11) is 0. The van der Waals surface area contributed by atoms with Crippen LogP contribution in [0.1, 0.15) is 22.3 Å². The van der Waals surface area contributed by atoms with Crippen LogP contribution >= 0.6 is 0 Å². The highest BCUT2D eigenvalue weighted by molar-refractivity contribution is 5.97. The fourth-order valence-corrected chi connectivity index (χ4v) is 1.96. The number of aryl methyl sites for hydroxylation is 2. The summed E-state index contributed by atoms with van der Waals surface area (Å²) in [5, 5.41) is 14.6. The number of anilines is 1. The van der Waals surface area contributed by atoms with Crippen molar-refractivity contribution in [1.82, 2.24) is 0 Å². The molecular formula is C16H18FN3O. The van der Waals surface area contributed by atoms with Crippen molar-refractivity contribution in [3.05, 3.63) is 64.5 Å². The van der Waals surface area contributed by atoms with Crippen LogP contribution in [0.4, 0.5) is 10.1 Å². The van der Waals surface area contributed by atoms with E-state index in [0.717, 1.165) is 5.69 Å². The molecule has 0 fully saturated rings. The van der Waals surface area contributed by atoms with E-state index in [4.69, 9.17) is 10.9 Å². The van der Waals surface area contributed by atoms with E-state index in [0.29, 0.717) is 17.7 Å². The average molecular weight is 287 g/mol.